The third-order valence-corrected chi connectivity index (χ3v) is 2.54. The lowest BCUT2D eigenvalue weighted by Crippen LogP contribution is -2.33. The molecule has 0 aliphatic carbocycles. The van der Waals surface area contributed by atoms with Crippen LogP contribution in [0.2, 0.25) is 0 Å². The molecule has 0 aliphatic heterocycles. The maximum absolute atomic E-state index is 11.9. The summed E-state index contributed by atoms with van der Waals surface area (Å²) in [7, 11) is 0. The third-order valence-electron chi connectivity index (χ3n) is 2.54. The van der Waals surface area contributed by atoms with Gasteiger partial charge in [-0.05, 0) is 27.2 Å². The Kier molecular flexibility index (Phi) is 6.61. The number of nitrogens with one attached hydrogen (secondary N) is 1. The lowest BCUT2D eigenvalue weighted by Gasteiger charge is -2.19. The van der Waals surface area contributed by atoms with E-state index in [2.05, 4.69) is 31.1 Å². The van der Waals surface area contributed by atoms with Gasteiger partial charge in [0.2, 0.25) is 0 Å². The van der Waals surface area contributed by atoms with Gasteiger partial charge in [0.05, 0.1) is 6.17 Å². The molecule has 1 unspecified atom stereocenters. The van der Waals surface area contributed by atoms with Crippen LogP contribution in [0.5, 0.6) is 0 Å². The highest BCUT2D eigenvalue weighted by molar-refractivity contribution is 6.02. The van der Waals surface area contributed by atoms with Gasteiger partial charge in [0.15, 0.2) is 0 Å². The Labute approximate surface area is 106 Å². The van der Waals surface area contributed by atoms with Gasteiger partial charge >= 0.3 is 0 Å². The largest absolute Gasteiger partial charge is 0.299 e. The average molecular weight is 240 g/mol. The van der Waals surface area contributed by atoms with Gasteiger partial charge in [-0.1, -0.05) is 27.7 Å². The van der Waals surface area contributed by atoms with Crippen LogP contribution in [-0.4, -0.2) is 23.7 Å². The van der Waals surface area contributed by atoms with Gasteiger partial charge in [-0.2, -0.15) is 0 Å². The first-order valence-electron chi connectivity index (χ1n) is 6.49. The van der Waals surface area contributed by atoms with E-state index in [9.17, 15) is 4.79 Å². The lowest BCUT2D eigenvalue weighted by atomic mass is 9.88. The molecule has 0 radical (unpaired) electrons. The summed E-state index contributed by atoms with van der Waals surface area (Å²) in [5.41, 5.74) is 0.647. The van der Waals surface area contributed by atoms with E-state index >= 15 is 0 Å². The topological polar surface area (TPSA) is 41.5 Å². The number of Topliss-reactive ketones (excluding diaryl/α,β-unsaturated/α-hetero) is 1. The SMILES string of the molecule is CCC(N=C(C)CC(=O)C(C)(C)C)NC(C)C. The van der Waals surface area contributed by atoms with Crippen LogP contribution in [0.15, 0.2) is 4.99 Å². The zero-order valence-electron chi connectivity index (χ0n) is 12.4. The molecule has 0 saturated carbocycles. The van der Waals surface area contributed by atoms with Crippen molar-refractivity contribution in [1.29, 1.82) is 0 Å². The molecule has 0 heterocycles. The Morgan fingerprint density at radius 1 is 1.29 bits per heavy atom. The molecule has 17 heavy (non-hydrogen) atoms. The van der Waals surface area contributed by atoms with Crippen molar-refractivity contribution in [2.24, 2.45) is 10.4 Å². The molecule has 0 saturated heterocycles. The van der Waals surface area contributed by atoms with Crippen LogP contribution in [0.4, 0.5) is 0 Å². The second kappa shape index (κ2) is 6.90. The minimum absolute atomic E-state index is 0.128. The molecule has 0 amide bonds. The molecule has 3 nitrogen and oxygen atoms in total. The predicted octanol–water partition coefficient (Wildman–Crippen LogP) is 3.19. The Hall–Kier alpha value is -0.700. The van der Waals surface area contributed by atoms with Crippen molar-refractivity contribution in [1.82, 2.24) is 5.32 Å². The van der Waals surface area contributed by atoms with Crippen molar-refractivity contribution in [3.8, 4) is 0 Å². The third kappa shape index (κ3) is 7.27. The van der Waals surface area contributed by atoms with Gasteiger partial charge in [-0.15, -0.1) is 0 Å². The normalized spacial score (nSPS) is 15.2. The minimum atomic E-state index is -0.274. The van der Waals surface area contributed by atoms with Crippen molar-refractivity contribution in [3.05, 3.63) is 0 Å². The molecule has 3 heteroatoms. The van der Waals surface area contributed by atoms with Gasteiger partial charge < -0.3 is 0 Å². The molecule has 1 atom stereocenters. The molecule has 0 spiro atoms. The van der Waals surface area contributed by atoms with E-state index in [0.29, 0.717) is 12.5 Å². The molecular formula is C14H28N2O. The van der Waals surface area contributed by atoms with Crippen molar-refractivity contribution < 1.29 is 4.79 Å². The number of hydrogen-bond donors (Lipinski definition) is 1. The molecule has 0 aliphatic rings. The van der Waals surface area contributed by atoms with Crippen LogP contribution < -0.4 is 5.32 Å². The standard InChI is InChI=1S/C14H28N2O/c1-8-13(15-10(2)3)16-11(4)9-12(17)14(5,6)7/h10,13,15H,8-9H2,1-7H3. The van der Waals surface area contributed by atoms with Crippen molar-refractivity contribution >= 4 is 11.5 Å². The average Bonchev–Trinajstić information content (AvgIpc) is 2.14. The fraction of sp³-hybridized carbons (Fsp3) is 0.857. The van der Waals surface area contributed by atoms with E-state index < -0.39 is 0 Å². The maximum atomic E-state index is 11.9. The van der Waals surface area contributed by atoms with Crippen LogP contribution in [0.1, 0.15) is 61.3 Å². The van der Waals surface area contributed by atoms with E-state index in [-0.39, 0.29) is 17.4 Å². The number of nitrogens with zero attached hydrogens (tertiary/aromatic N) is 1. The number of ketones is 1. The van der Waals surface area contributed by atoms with E-state index in [0.717, 1.165) is 12.1 Å². The highest BCUT2D eigenvalue weighted by atomic mass is 16.1. The molecule has 0 rings (SSSR count). The van der Waals surface area contributed by atoms with Crippen LogP contribution in [0.3, 0.4) is 0 Å². The fourth-order valence-corrected chi connectivity index (χ4v) is 1.44. The van der Waals surface area contributed by atoms with Crippen LogP contribution in [-0.2, 0) is 4.79 Å². The summed E-state index contributed by atoms with van der Waals surface area (Å²) in [5, 5.41) is 3.37. The second-order valence-electron chi connectivity index (χ2n) is 5.96. The smallest absolute Gasteiger partial charge is 0.143 e. The summed E-state index contributed by atoms with van der Waals surface area (Å²) in [5.74, 6) is 0.248. The second-order valence-corrected chi connectivity index (χ2v) is 5.96. The number of rotatable bonds is 6. The first-order chi connectivity index (χ1) is 7.66. The van der Waals surface area contributed by atoms with Gasteiger partial charge in [0, 0.05) is 23.6 Å². The Morgan fingerprint density at radius 2 is 1.82 bits per heavy atom. The maximum Gasteiger partial charge on any atom is 0.143 e. The quantitative estimate of drug-likeness (QED) is 0.724. The summed E-state index contributed by atoms with van der Waals surface area (Å²) in [6.07, 6.45) is 1.53. The summed E-state index contributed by atoms with van der Waals surface area (Å²) in [6, 6.07) is 0.412. The molecule has 0 bridgehead atoms. The minimum Gasteiger partial charge on any atom is -0.299 e. The molecule has 0 aromatic heterocycles. The highest BCUT2D eigenvalue weighted by Crippen LogP contribution is 2.17. The summed E-state index contributed by atoms with van der Waals surface area (Å²) >= 11 is 0. The Balaban J connectivity index is 4.47. The molecule has 1 N–H and O–H groups in total. The van der Waals surface area contributed by atoms with Gasteiger partial charge in [0.1, 0.15) is 5.78 Å². The molecule has 0 aromatic carbocycles. The summed E-state index contributed by atoms with van der Waals surface area (Å²) < 4.78 is 0. The van der Waals surface area contributed by atoms with E-state index in [4.69, 9.17) is 0 Å². The number of carbonyl (C=O) groups excluding carboxylic acids is 1. The molecule has 100 valence electrons. The lowest BCUT2D eigenvalue weighted by molar-refractivity contribution is -0.125. The van der Waals surface area contributed by atoms with E-state index in [1.807, 2.05) is 27.7 Å². The number of carbonyl (C=O) groups is 1. The summed E-state index contributed by atoms with van der Waals surface area (Å²) in [6.45, 7) is 14.1. The Bertz CT molecular complexity index is 274. The van der Waals surface area contributed by atoms with E-state index in [1.54, 1.807) is 0 Å². The van der Waals surface area contributed by atoms with Crippen molar-refractivity contribution in [2.75, 3.05) is 0 Å². The first kappa shape index (κ1) is 16.3. The van der Waals surface area contributed by atoms with Gasteiger partial charge in [-0.3, -0.25) is 15.1 Å². The molecule has 0 aromatic rings. The summed E-state index contributed by atoms with van der Waals surface area (Å²) in [4.78, 5) is 16.4. The number of hydrogen-bond acceptors (Lipinski definition) is 3. The predicted molar refractivity (Wildman–Crippen MR) is 74.5 cm³/mol. The van der Waals surface area contributed by atoms with Gasteiger partial charge in [0.25, 0.3) is 0 Å². The fourth-order valence-electron chi connectivity index (χ4n) is 1.44. The molecular weight excluding hydrogens is 212 g/mol. The van der Waals surface area contributed by atoms with E-state index in [1.165, 1.54) is 0 Å². The van der Waals surface area contributed by atoms with Crippen molar-refractivity contribution in [2.45, 2.75) is 73.5 Å². The van der Waals surface area contributed by atoms with Crippen molar-refractivity contribution in [3.63, 3.8) is 0 Å². The zero-order chi connectivity index (χ0) is 13.6. The van der Waals surface area contributed by atoms with Crippen LogP contribution in [0, 0.1) is 5.41 Å². The zero-order valence-corrected chi connectivity index (χ0v) is 12.4. The van der Waals surface area contributed by atoms with Crippen LogP contribution in [0.25, 0.3) is 0 Å². The highest BCUT2D eigenvalue weighted by Gasteiger charge is 2.21. The monoisotopic (exact) mass is 240 g/mol. The van der Waals surface area contributed by atoms with Crippen LogP contribution >= 0.6 is 0 Å². The van der Waals surface area contributed by atoms with Gasteiger partial charge in [-0.25, -0.2) is 0 Å². The Morgan fingerprint density at radius 3 is 2.18 bits per heavy atom. The first-order valence-corrected chi connectivity index (χ1v) is 6.49. The molecule has 0 fully saturated rings. The number of aliphatic imine (C=N–C) groups is 1.